The van der Waals surface area contributed by atoms with Crippen LogP contribution in [0.5, 0.6) is 0 Å². The molecule has 0 bridgehead atoms. The molecule has 3 aromatic rings. The van der Waals surface area contributed by atoms with Crippen molar-refractivity contribution in [1.82, 2.24) is 25.1 Å². The minimum Gasteiger partial charge on any atom is -0.344 e. The summed E-state index contributed by atoms with van der Waals surface area (Å²) in [7, 11) is 0. The van der Waals surface area contributed by atoms with Gasteiger partial charge in [-0.1, -0.05) is 12.1 Å². The summed E-state index contributed by atoms with van der Waals surface area (Å²) in [5.74, 6) is -1.88. The van der Waals surface area contributed by atoms with E-state index in [1.165, 1.54) is 28.9 Å². The number of hydrogen-bond donors (Lipinski definition) is 3. The van der Waals surface area contributed by atoms with Gasteiger partial charge >= 0.3 is 11.8 Å². The highest BCUT2D eigenvalue weighted by Gasteiger charge is 2.18. The maximum Gasteiger partial charge on any atom is 0.314 e. The number of benzene rings is 1. The van der Waals surface area contributed by atoms with E-state index < -0.39 is 11.8 Å². The first-order chi connectivity index (χ1) is 13.7. The molecular formula is C19H19FN6O3. The van der Waals surface area contributed by atoms with Crippen LogP contribution in [0.4, 0.5) is 10.2 Å². The SMILES string of the molecule is Cc1cc(NC(=O)C(=O)NCc2ccc(F)cc2)n(-c2nc(C)c(C)c(=O)[nH]2)n1. The highest BCUT2D eigenvalue weighted by molar-refractivity contribution is 6.39. The Morgan fingerprint density at radius 1 is 1.14 bits per heavy atom. The molecule has 9 nitrogen and oxygen atoms in total. The van der Waals surface area contributed by atoms with E-state index in [0.29, 0.717) is 22.5 Å². The Balaban J connectivity index is 1.75. The van der Waals surface area contributed by atoms with Crippen LogP contribution in [0.25, 0.3) is 5.95 Å². The number of anilines is 1. The Morgan fingerprint density at radius 3 is 2.48 bits per heavy atom. The van der Waals surface area contributed by atoms with Crippen LogP contribution in [0.15, 0.2) is 35.1 Å². The van der Waals surface area contributed by atoms with Gasteiger partial charge in [0.1, 0.15) is 11.6 Å². The minimum atomic E-state index is -0.917. The zero-order valence-electron chi connectivity index (χ0n) is 16.0. The van der Waals surface area contributed by atoms with Gasteiger partial charge in [0.2, 0.25) is 5.95 Å². The van der Waals surface area contributed by atoms with E-state index in [1.807, 2.05) is 0 Å². The Labute approximate surface area is 165 Å². The first-order valence-corrected chi connectivity index (χ1v) is 8.73. The fraction of sp³-hybridized carbons (Fsp3) is 0.211. The predicted octanol–water partition coefficient (Wildman–Crippen LogP) is 1.27. The van der Waals surface area contributed by atoms with Gasteiger partial charge in [-0.2, -0.15) is 9.78 Å². The highest BCUT2D eigenvalue weighted by atomic mass is 19.1. The second-order valence-corrected chi connectivity index (χ2v) is 6.45. The van der Waals surface area contributed by atoms with Crippen molar-refractivity contribution in [2.75, 3.05) is 5.32 Å². The standard InChI is InChI=1S/C19H19FN6O3/c1-10-8-15(26(25-10)19-22-12(3)11(2)16(27)24-19)23-18(29)17(28)21-9-13-4-6-14(20)7-5-13/h4-8H,9H2,1-3H3,(H,21,28)(H,23,29)(H,22,24,27). The highest BCUT2D eigenvalue weighted by Crippen LogP contribution is 2.14. The zero-order chi connectivity index (χ0) is 21.1. The van der Waals surface area contributed by atoms with Crippen LogP contribution < -0.4 is 16.2 Å². The molecule has 0 unspecified atom stereocenters. The van der Waals surface area contributed by atoms with Crippen molar-refractivity contribution in [2.45, 2.75) is 27.3 Å². The van der Waals surface area contributed by atoms with Crippen LogP contribution in [-0.4, -0.2) is 31.6 Å². The smallest absolute Gasteiger partial charge is 0.314 e. The molecule has 0 spiro atoms. The number of aromatic nitrogens is 4. The van der Waals surface area contributed by atoms with Gasteiger partial charge < -0.3 is 10.6 Å². The molecule has 0 aliphatic carbocycles. The molecule has 0 atom stereocenters. The molecule has 0 fully saturated rings. The van der Waals surface area contributed by atoms with E-state index in [9.17, 15) is 18.8 Å². The van der Waals surface area contributed by atoms with E-state index in [2.05, 4.69) is 25.7 Å². The normalized spacial score (nSPS) is 10.6. The van der Waals surface area contributed by atoms with Crippen molar-refractivity contribution in [3.8, 4) is 5.95 Å². The van der Waals surface area contributed by atoms with E-state index in [0.717, 1.165) is 0 Å². The summed E-state index contributed by atoms with van der Waals surface area (Å²) in [4.78, 5) is 43.2. The van der Waals surface area contributed by atoms with Gasteiger partial charge in [-0.25, -0.2) is 9.37 Å². The summed E-state index contributed by atoms with van der Waals surface area (Å²) in [6.45, 7) is 5.09. The fourth-order valence-electron chi connectivity index (χ4n) is 2.52. The third kappa shape index (κ3) is 4.54. The summed E-state index contributed by atoms with van der Waals surface area (Å²) in [6, 6.07) is 7.09. The number of nitrogens with zero attached hydrogens (tertiary/aromatic N) is 3. The van der Waals surface area contributed by atoms with E-state index >= 15 is 0 Å². The Kier molecular flexibility index (Phi) is 5.53. The largest absolute Gasteiger partial charge is 0.344 e. The number of amides is 2. The van der Waals surface area contributed by atoms with Gasteiger partial charge in [-0.3, -0.25) is 19.4 Å². The van der Waals surface area contributed by atoms with Gasteiger partial charge in [0.05, 0.1) is 5.69 Å². The lowest BCUT2D eigenvalue weighted by Crippen LogP contribution is -2.35. The lowest BCUT2D eigenvalue weighted by molar-refractivity contribution is -0.136. The van der Waals surface area contributed by atoms with Crippen LogP contribution in [0, 0.1) is 26.6 Å². The molecule has 10 heteroatoms. The van der Waals surface area contributed by atoms with Gasteiger partial charge in [0.15, 0.2) is 0 Å². The predicted molar refractivity (Wildman–Crippen MR) is 103 cm³/mol. The maximum absolute atomic E-state index is 12.9. The number of carbonyl (C=O) groups excluding carboxylic acids is 2. The van der Waals surface area contributed by atoms with Crippen molar-refractivity contribution in [3.05, 3.63) is 69.0 Å². The zero-order valence-corrected chi connectivity index (χ0v) is 16.0. The molecule has 1 aromatic carbocycles. The first-order valence-electron chi connectivity index (χ1n) is 8.73. The molecule has 0 saturated heterocycles. The molecule has 2 amide bonds. The first kappa shape index (κ1) is 19.9. The van der Waals surface area contributed by atoms with Crippen molar-refractivity contribution in [2.24, 2.45) is 0 Å². The van der Waals surface area contributed by atoms with Crippen LogP contribution in [0.2, 0.25) is 0 Å². The number of rotatable bonds is 4. The fourth-order valence-corrected chi connectivity index (χ4v) is 2.52. The third-order valence-corrected chi connectivity index (χ3v) is 4.23. The van der Waals surface area contributed by atoms with Crippen molar-refractivity contribution >= 4 is 17.6 Å². The summed E-state index contributed by atoms with van der Waals surface area (Å²) >= 11 is 0. The molecule has 0 saturated carbocycles. The van der Waals surface area contributed by atoms with Crippen molar-refractivity contribution < 1.29 is 14.0 Å². The molecule has 0 aliphatic heterocycles. The minimum absolute atomic E-state index is 0.0663. The summed E-state index contributed by atoms with van der Waals surface area (Å²) < 4.78 is 14.2. The number of nitrogens with one attached hydrogen (secondary N) is 3. The topological polar surface area (TPSA) is 122 Å². The van der Waals surface area contributed by atoms with Crippen LogP contribution >= 0.6 is 0 Å². The van der Waals surface area contributed by atoms with Crippen molar-refractivity contribution in [3.63, 3.8) is 0 Å². The number of hydrogen-bond acceptors (Lipinski definition) is 5. The molecule has 29 heavy (non-hydrogen) atoms. The monoisotopic (exact) mass is 398 g/mol. The molecule has 0 aliphatic rings. The van der Waals surface area contributed by atoms with Crippen LogP contribution in [0.1, 0.15) is 22.5 Å². The Morgan fingerprint density at radius 2 is 1.83 bits per heavy atom. The Bertz CT molecular complexity index is 1130. The lowest BCUT2D eigenvalue weighted by atomic mass is 10.2. The molecular weight excluding hydrogens is 379 g/mol. The third-order valence-electron chi connectivity index (χ3n) is 4.23. The van der Waals surface area contributed by atoms with Gasteiger partial charge in [0.25, 0.3) is 5.56 Å². The van der Waals surface area contributed by atoms with Crippen molar-refractivity contribution in [1.29, 1.82) is 0 Å². The number of carbonyl (C=O) groups is 2. The van der Waals surface area contributed by atoms with Gasteiger partial charge in [0, 0.05) is 23.9 Å². The summed E-state index contributed by atoms with van der Waals surface area (Å²) in [6.07, 6.45) is 0. The van der Waals surface area contributed by atoms with Gasteiger partial charge in [-0.05, 0) is 38.5 Å². The van der Waals surface area contributed by atoms with E-state index in [-0.39, 0.29) is 29.7 Å². The molecule has 0 radical (unpaired) electrons. The quantitative estimate of drug-likeness (QED) is 0.572. The van der Waals surface area contributed by atoms with Crippen LogP contribution in [0.3, 0.4) is 0 Å². The van der Waals surface area contributed by atoms with Gasteiger partial charge in [-0.15, -0.1) is 0 Å². The van der Waals surface area contributed by atoms with E-state index in [4.69, 9.17) is 0 Å². The number of H-pyrrole nitrogens is 1. The second-order valence-electron chi connectivity index (χ2n) is 6.45. The molecule has 2 aromatic heterocycles. The second kappa shape index (κ2) is 8.05. The molecule has 150 valence electrons. The average molecular weight is 398 g/mol. The lowest BCUT2D eigenvalue weighted by Gasteiger charge is -2.09. The number of aryl methyl sites for hydroxylation is 2. The Hall–Kier alpha value is -3.82. The number of halogens is 1. The summed E-state index contributed by atoms with van der Waals surface area (Å²) in [5, 5.41) is 9.12. The molecule has 3 N–H and O–H groups in total. The van der Waals surface area contributed by atoms with E-state index in [1.54, 1.807) is 26.8 Å². The average Bonchev–Trinajstić information content (AvgIpc) is 3.05. The molecule has 2 heterocycles. The maximum atomic E-state index is 12.9. The number of aromatic amines is 1. The molecule has 3 rings (SSSR count). The summed E-state index contributed by atoms with van der Waals surface area (Å²) in [5.41, 5.74) is 1.86. The van der Waals surface area contributed by atoms with Crippen LogP contribution in [-0.2, 0) is 16.1 Å².